The third kappa shape index (κ3) is 5.43. The van der Waals surface area contributed by atoms with Gasteiger partial charge in [0.2, 0.25) is 5.91 Å². The van der Waals surface area contributed by atoms with Gasteiger partial charge in [-0.15, -0.1) is 0 Å². The third-order valence-corrected chi connectivity index (χ3v) is 5.63. The number of ether oxygens (including phenoxy) is 1. The van der Waals surface area contributed by atoms with Gasteiger partial charge in [-0.1, -0.05) is 20.8 Å². The number of amides is 1. The molecule has 1 N–H and O–H groups in total. The molecule has 3 rings (SSSR count). The minimum absolute atomic E-state index is 0.0614. The number of likely N-dealkylation sites (N-methyl/N-ethyl adjacent to an activating group) is 1. The molecule has 6 nitrogen and oxygen atoms in total. The van der Waals surface area contributed by atoms with E-state index in [0.29, 0.717) is 12.6 Å². The van der Waals surface area contributed by atoms with Crippen LogP contribution in [-0.4, -0.2) is 81.3 Å². The molecule has 150 valence electrons. The molecule has 1 unspecified atom stereocenters. The number of nitrogens with one attached hydrogen (secondary N) is 1. The van der Waals surface area contributed by atoms with E-state index >= 15 is 0 Å². The average molecular weight is 375 g/mol. The topological polar surface area (TPSA) is 48.0 Å². The smallest absolute Gasteiger partial charge is 0.238 e. The van der Waals surface area contributed by atoms with Crippen LogP contribution in [0.3, 0.4) is 0 Å². The van der Waals surface area contributed by atoms with Crippen LogP contribution in [0.15, 0.2) is 24.3 Å². The van der Waals surface area contributed by atoms with Gasteiger partial charge in [-0.2, -0.15) is 0 Å². The number of rotatable bonds is 4. The average Bonchev–Trinajstić information content (AvgIpc) is 2.64. The van der Waals surface area contributed by atoms with E-state index in [1.54, 1.807) is 0 Å². The number of carbonyl (C=O) groups excluding carboxylic acids is 1. The summed E-state index contributed by atoms with van der Waals surface area (Å²) < 4.78 is 5.40. The lowest BCUT2D eigenvalue weighted by molar-refractivity contribution is -0.118. The molecule has 0 bridgehead atoms. The number of anilines is 2. The molecule has 1 amide bonds. The number of nitrogens with zero attached hydrogens (tertiary/aromatic N) is 3. The van der Waals surface area contributed by atoms with Crippen molar-refractivity contribution in [3.8, 4) is 0 Å². The summed E-state index contributed by atoms with van der Waals surface area (Å²) in [4.78, 5) is 19.5. The molecule has 0 aliphatic carbocycles. The molecule has 1 aromatic carbocycles. The van der Waals surface area contributed by atoms with Crippen molar-refractivity contribution in [2.75, 3.05) is 69.7 Å². The number of carbonyl (C=O) groups is 1. The maximum absolute atomic E-state index is 12.5. The van der Waals surface area contributed by atoms with E-state index in [0.717, 1.165) is 51.6 Å². The Morgan fingerprint density at radius 2 is 1.78 bits per heavy atom. The van der Waals surface area contributed by atoms with Crippen LogP contribution in [0, 0.1) is 5.41 Å². The van der Waals surface area contributed by atoms with Crippen molar-refractivity contribution < 1.29 is 9.53 Å². The first-order chi connectivity index (χ1) is 12.8. The lowest BCUT2D eigenvalue weighted by Crippen LogP contribution is -2.57. The highest BCUT2D eigenvalue weighted by molar-refractivity contribution is 5.92. The molecule has 2 aliphatic rings. The van der Waals surface area contributed by atoms with Crippen molar-refractivity contribution in [2.24, 2.45) is 5.41 Å². The molecule has 0 spiro atoms. The van der Waals surface area contributed by atoms with Crippen LogP contribution in [0.2, 0.25) is 0 Å². The van der Waals surface area contributed by atoms with E-state index < -0.39 is 0 Å². The second kappa shape index (κ2) is 8.59. The zero-order chi connectivity index (χ0) is 19.4. The summed E-state index contributed by atoms with van der Waals surface area (Å²) in [6.07, 6.45) is 0. The Bertz CT molecular complexity index is 620. The zero-order valence-electron chi connectivity index (χ0n) is 17.2. The first-order valence-electron chi connectivity index (χ1n) is 9.98. The first-order valence-corrected chi connectivity index (χ1v) is 9.98. The summed E-state index contributed by atoms with van der Waals surface area (Å²) in [5.41, 5.74) is 2.25. The highest BCUT2D eigenvalue weighted by Gasteiger charge is 2.33. The lowest BCUT2D eigenvalue weighted by atomic mass is 9.84. The Balaban J connectivity index is 1.51. The Hall–Kier alpha value is -1.63. The first kappa shape index (κ1) is 20.1. The second-order valence-electron chi connectivity index (χ2n) is 8.79. The fraction of sp³-hybridized carbons (Fsp3) is 0.667. The van der Waals surface area contributed by atoms with Gasteiger partial charge in [0.25, 0.3) is 0 Å². The lowest BCUT2D eigenvalue weighted by Gasteiger charge is -2.45. The molecule has 27 heavy (non-hydrogen) atoms. The van der Waals surface area contributed by atoms with E-state index in [1.807, 2.05) is 12.1 Å². The predicted octanol–water partition coefficient (Wildman–Crippen LogP) is 2.12. The molecule has 6 heteroatoms. The van der Waals surface area contributed by atoms with Crippen molar-refractivity contribution in [2.45, 2.75) is 26.8 Å². The molecule has 1 atom stereocenters. The number of hydrogen-bond donors (Lipinski definition) is 1. The Morgan fingerprint density at radius 1 is 1.11 bits per heavy atom. The minimum atomic E-state index is 0.0614. The van der Waals surface area contributed by atoms with Crippen LogP contribution in [0.1, 0.15) is 20.8 Å². The van der Waals surface area contributed by atoms with E-state index in [-0.39, 0.29) is 11.3 Å². The highest BCUT2D eigenvalue weighted by Crippen LogP contribution is 2.26. The predicted molar refractivity (Wildman–Crippen MR) is 110 cm³/mol. The van der Waals surface area contributed by atoms with Crippen LogP contribution in [-0.2, 0) is 9.53 Å². The monoisotopic (exact) mass is 374 g/mol. The van der Waals surface area contributed by atoms with Crippen molar-refractivity contribution >= 4 is 17.3 Å². The Kier molecular flexibility index (Phi) is 6.40. The van der Waals surface area contributed by atoms with Crippen molar-refractivity contribution in [3.63, 3.8) is 0 Å². The molecule has 2 aliphatic heterocycles. The van der Waals surface area contributed by atoms with Crippen LogP contribution >= 0.6 is 0 Å². The molecule has 1 aromatic rings. The van der Waals surface area contributed by atoms with Crippen molar-refractivity contribution in [3.05, 3.63) is 24.3 Å². The van der Waals surface area contributed by atoms with Gasteiger partial charge < -0.3 is 19.9 Å². The number of morpholine rings is 1. The highest BCUT2D eigenvalue weighted by atomic mass is 16.5. The largest absolute Gasteiger partial charge is 0.378 e. The zero-order valence-corrected chi connectivity index (χ0v) is 17.2. The summed E-state index contributed by atoms with van der Waals surface area (Å²) in [6, 6.07) is 8.60. The molecule has 2 heterocycles. The number of hydrogen-bond acceptors (Lipinski definition) is 5. The van der Waals surface area contributed by atoms with Gasteiger partial charge >= 0.3 is 0 Å². The Labute approximate surface area is 163 Å². The summed E-state index contributed by atoms with van der Waals surface area (Å²) in [5, 5.41) is 3.05. The summed E-state index contributed by atoms with van der Waals surface area (Å²) in [7, 11) is 2.18. The van der Waals surface area contributed by atoms with Gasteiger partial charge in [-0.3, -0.25) is 9.69 Å². The van der Waals surface area contributed by atoms with Crippen LogP contribution in [0.4, 0.5) is 11.4 Å². The van der Waals surface area contributed by atoms with Gasteiger partial charge in [-0.05, 0) is 36.7 Å². The van der Waals surface area contributed by atoms with Crippen molar-refractivity contribution in [1.82, 2.24) is 9.80 Å². The summed E-state index contributed by atoms with van der Waals surface area (Å²) in [6.45, 7) is 13.5. The van der Waals surface area contributed by atoms with E-state index in [1.165, 1.54) is 5.69 Å². The second-order valence-corrected chi connectivity index (χ2v) is 8.79. The fourth-order valence-corrected chi connectivity index (χ4v) is 3.99. The van der Waals surface area contributed by atoms with Gasteiger partial charge in [0, 0.05) is 50.1 Å². The Morgan fingerprint density at radius 3 is 2.41 bits per heavy atom. The maximum Gasteiger partial charge on any atom is 0.238 e. The van der Waals surface area contributed by atoms with Gasteiger partial charge in [0.05, 0.1) is 19.8 Å². The molecule has 0 aromatic heterocycles. The number of benzene rings is 1. The van der Waals surface area contributed by atoms with Crippen LogP contribution in [0.5, 0.6) is 0 Å². The maximum atomic E-state index is 12.5. The number of piperazine rings is 1. The van der Waals surface area contributed by atoms with Crippen LogP contribution in [0.25, 0.3) is 0 Å². The molecular weight excluding hydrogens is 340 g/mol. The van der Waals surface area contributed by atoms with Crippen molar-refractivity contribution in [1.29, 1.82) is 0 Å². The van der Waals surface area contributed by atoms with Gasteiger partial charge in [-0.25, -0.2) is 0 Å². The van der Waals surface area contributed by atoms with E-state index in [4.69, 9.17) is 4.74 Å². The molecule has 0 radical (unpaired) electrons. The SMILES string of the molecule is CN1CCN(CC(=O)Nc2ccc(N3CCOCC3)cc2)CC1C(C)(C)C. The standard InChI is InChI=1S/C21H34N4O2/c1-21(2,3)19-15-24(10-9-23(19)4)16-20(26)22-17-5-7-18(8-6-17)25-11-13-27-14-12-25/h5-8,19H,9-16H2,1-4H3,(H,22,26). The quantitative estimate of drug-likeness (QED) is 0.875. The van der Waals surface area contributed by atoms with Crippen LogP contribution < -0.4 is 10.2 Å². The van der Waals surface area contributed by atoms with E-state index in [9.17, 15) is 4.79 Å². The van der Waals surface area contributed by atoms with Gasteiger partial charge in [0.1, 0.15) is 0 Å². The normalized spacial score (nSPS) is 22.7. The summed E-state index contributed by atoms with van der Waals surface area (Å²) >= 11 is 0. The molecule has 2 saturated heterocycles. The third-order valence-electron chi connectivity index (χ3n) is 5.63. The van der Waals surface area contributed by atoms with E-state index in [2.05, 4.69) is 60.0 Å². The summed E-state index contributed by atoms with van der Waals surface area (Å²) in [5.74, 6) is 0.0614. The molecule has 0 saturated carbocycles. The minimum Gasteiger partial charge on any atom is -0.378 e. The molecular formula is C21H34N4O2. The molecule has 2 fully saturated rings. The van der Waals surface area contributed by atoms with Gasteiger partial charge in [0.15, 0.2) is 0 Å². The fourth-order valence-electron chi connectivity index (χ4n) is 3.99.